The molecule has 1 aromatic carbocycles. The average molecular weight is 343 g/mol. The molecule has 3 rings (SSSR count). The number of nitrogens with zero attached hydrogens (tertiary/aromatic N) is 1. The molecule has 0 spiro atoms. The van der Waals surface area contributed by atoms with Gasteiger partial charge in [0.1, 0.15) is 0 Å². The summed E-state index contributed by atoms with van der Waals surface area (Å²) in [5.74, 6) is -0.929. The number of ketones is 1. The highest BCUT2D eigenvalue weighted by Gasteiger charge is 2.44. The molecule has 2 heterocycles. The number of methoxy groups -OCH3 is 2. The van der Waals surface area contributed by atoms with Crippen molar-refractivity contribution >= 4 is 11.7 Å². The van der Waals surface area contributed by atoms with Crippen molar-refractivity contribution in [1.82, 2.24) is 4.90 Å². The molecule has 0 radical (unpaired) electrons. The second kappa shape index (κ2) is 6.35. The van der Waals surface area contributed by atoms with Gasteiger partial charge in [-0.1, -0.05) is 12.1 Å². The number of para-hydroxylation sites is 1. The first kappa shape index (κ1) is 16.6. The largest absolute Gasteiger partial charge is 0.503 e. The molecule has 1 aliphatic heterocycles. The molecular weight excluding hydrogens is 326 g/mol. The van der Waals surface area contributed by atoms with Crippen LogP contribution in [0.25, 0.3) is 0 Å². The fourth-order valence-corrected chi connectivity index (χ4v) is 2.99. The molecule has 130 valence electrons. The molecule has 2 aromatic rings. The molecule has 1 amide bonds. The zero-order valence-electron chi connectivity index (χ0n) is 14.0. The van der Waals surface area contributed by atoms with E-state index in [1.54, 1.807) is 24.3 Å². The van der Waals surface area contributed by atoms with Crippen molar-refractivity contribution in [2.45, 2.75) is 6.04 Å². The molecular formula is C18H17NO6. The normalized spacial score (nSPS) is 17.2. The maximum absolute atomic E-state index is 12.8. The Bertz CT molecular complexity index is 852. The molecule has 0 fully saturated rings. The van der Waals surface area contributed by atoms with Gasteiger partial charge in [-0.2, -0.15) is 0 Å². The van der Waals surface area contributed by atoms with Crippen molar-refractivity contribution in [2.24, 2.45) is 0 Å². The van der Waals surface area contributed by atoms with E-state index in [0.717, 1.165) is 0 Å². The number of likely N-dealkylation sites (N-methyl/N-ethyl adjacent to an activating group) is 1. The molecule has 7 nitrogen and oxygen atoms in total. The first-order chi connectivity index (χ1) is 12.0. The number of furan rings is 1. The summed E-state index contributed by atoms with van der Waals surface area (Å²) in [7, 11) is 4.47. The van der Waals surface area contributed by atoms with Crippen molar-refractivity contribution in [3.05, 3.63) is 59.3 Å². The minimum absolute atomic E-state index is 0.0384. The van der Waals surface area contributed by atoms with Gasteiger partial charge < -0.3 is 23.9 Å². The lowest BCUT2D eigenvalue weighted by Gasteiger charge is -2.24. The Morgan fingerprint density at radius 1 is 1.20 bits per heavy atom. The van der Waals surface area contributed by atoms with Crippen LogP contribution in [0.3, 0.4) is 0 Å². The van der Waals surface area contributed by atoms with Gasteiger partial charge in [0, 0.05) is 12.6 Å². The number of Topliss-reactive ketones (excluding diaryl/α,β-unsaturated/α-hetero) is 1. The zero-order chi connectivity index (χ0) is 18.1. The van der Waals surface area contributed by atoms with Crippen LogP contribution in [0.4, 0.5) is 0 Å². The van der Waals surface area contributed by atoms with E-state index in [2.05, 4.69) is 0 Å². The van der Waals surface area contributed by atoms with E-state index in [-0.39, 0.29) is 11.3 Å². The molecule has 1 atom stereocenters. The van der Waals surface area contributed by atoms with E-state index in [1.165, 1.54) is 38.5 Å². The molecule has 25 heavy (non-hydrogen) atoms. The Hall–Kier alpha value is -3.22. The minimum Gasteiger partial charge on any atom is -0.503 e. The summed E-state index contributed by atoms with van der Waals surface area (Å²) in [4.78, 5) is 26.4. The summed E-state index contributed by atoms with van der Waals surface area (Å²) >= 11 is 0. The number of aliphatic hydroxyl groups is 1. The maximum atomic E-state index is 12.8. The summed E-state index contributed by atoms with van der Waals surface area (Å²) in [6.07, 6.45) is 1.35. The molecule has 0 aliphatic carbocycles. The van der Waals surface area contributed by atoms with Crippen molar-refractivity contribution in [3.63, 3.8) is 0 Å². The third-order valence-electron chi connectivity index (χ3n) is 4.16. The SMILES string of the molecule is COc1cccc(C2C(C(=O)c3ccco3)=C(O)C(=O)N2C)c1OC. The summed E-state index contributed by atoms with van der Waals surface area (Å²) in [5.41, 5.74) is 0.464. The number of amides is 1. The Morgan fingerprint density at radius 3 is 2.56 bits per heavy atom. The average Bonchev–Trinajstić information content (AvgIpc) is 3.24. The summed E-state index contributed by atoms with van der Waals surface area (Å²) in [6, 6.07) is 7.35. The van der Waals surface area contributed by atoms with Crippen LogP contribution >= 0.6 is 0 Å². The minimum atomic E-state index is -0.824. The van der Waals surface area contributed by atoms with Crippen LogP contribution in [0.2, 0.25) is 0 Å². The monoisotopic (exact) mass is 343 g/mol. The fraction of sp³-hybridized carbons (Fsp3) is 0.222. The highest BCUT2D eigenvalue weighted by atomic mass is 16.5. The second-order valence-electron chi connectivity index (χ2n) is 5.47. The van der Waals surface area contributed by atoms with Gasteiger partial charge in [-0.15, -0.1) is 0 Å². The van der Waals surface area contributed by atoms with Gasteiger partial charge in [0.15, 0.2) is 23.0 Å². The first-order valence-corrected chi connectivity index (χ1v) is 7.50. The quantitative estimate of drug-likeness (QED) is 0.839. The van der Waals surface area contributed by atoms with Gasteiger partial charge in [-0.3, -0.25) is 9.59 Å². The van der Waals surface area contributed by atoms with Gasteiger partial charge in [0.2, 0.25) is 5.78 Å². The maximum Gasteiger partial charge on any atom is 0.289 e. The number of benzene rings is 1. The molecule has 1 aromatic heterocycles. The lowest BCUT2D eigenvalue weighted by atomic mass is 9.94. The smallest absolute Gasteiger partial charge is 0.289 e. The van der Waals surface area contributed by atoms with Crippen LogP contribution in [-0.2, 0) is 4.79 Å². The van der Waals surface area contributed by atoms with Crippen LogP contribution in [0.1, 0.15) is 22.2 Å². The number of carbonyl (C=O) groups is 2. The first-order valence-electron chi connectivity index (χ1n) is 7.50. The van der Waals surface area contributed by atoms with Crippen LogP contribution in [0.5, 0.6) is 11.5 Å². The molecule has 1 N–H and O–H groups in total. The Balaban J connectivity index is 2.17. The van der Waals surface area contributed by atoms with Gasteiger partial charge in [-0.25, -0.2) is 0 Å². The highest BCUT2D eigenvalue weighted by molar-refractivity contribution is 6.15. The number of carbonyl (C=O) groups excluding carboxylic acids is 2. The van der Waals surface area contributed by atoms with E-state index >= 15 is 0 Å². The molecule has 0 saturated heterocycles. The predicted octanol–water partition coefficient (Wildman–Crippen LogP) is 2.50. The van der Waals surface area contributed by atoms with E-state index in [9.17, 15) is 14.7 Å². The number of hydrogen-bond acceptors (Lipinski definition) is 6. The lowest BCUT2D eigenvalue weighted by Crippen LogP contribution is -2.27. The molecule has 0 saturated carbocycles. The molecule has 0 bridgehead atoms. The Kier molecular flexibility index (Phi) is 4.22. The molecule has 1 aliphatic rings. The number of ether oxygens (including phenoxy) is 2. The van der Waals surface area contributed by atoms with E-state index < -0.39 is 23.5 Å². The highest BCUT2D eigenvalue weighted by Crippen LogP contribution is 2.44. The standard InChI is InChI=1S/C18H17NO6/c1-19-14(10-6-4-7-12(23-2)17(10)24-3)13(16(21)18(19)22)15(20)11-8-5-9-25-11/h4-9,14,21H,1-3H3. The predicted molar refractivity (Wildman–Crippen MR) is 87.8 cm³/mol. The van der Waals surface area contributed by atoms with Gasteiger partial charge in [0.25, 0.3) is 5.91 Å². The van der Waals surface area contributed by atoms with Gasteiger partial charge in [0.05, 0.1) is 32.1 Å². The second-order valence-corrected chi connectivity index (χ2v) is 5.47. The van der Waals surface area contributed by atoms with Gasteiger partial charge >= 0.3 is 0 Å². The topological polar surface area (TPSA) is 89.2 Å². The van der Waals surface area contributed by atoms with E-state index in [1.807, 2.05) is 0 Å². The number of rotatable bonds is 5. The van der Waals surface area contributed by atoms with Crippen LogP contribution < -0.4 is 9.47 Å². The summed E-state index contributed by atoms with van der Waals surface area (Å²) < 4.78 is 15.8. The van der Waals surface area contributed by atoms with Crippen molar-refractivity contribution in [2.75, 3.05) is 21.3 Å². The van der Waals surface area contributed by atoms with Crippen LogP contribution in [0.15, 0.2) is 52.3 Å². The van der Waals surface area contributed by atoms with Crippen molar-refractivity contribution in [1.29, 1.82) is 0 Å². The molecule has 1 unspecified atom stereocenters. The lowest BCUT2D eigenvalue weighted by molar-refractivity contribution is -0.128. The Morgan fingerprint density at radius 2 is 1.96 bits per heavy atom. The van der Waals surface area contributed by atoms with Gasteiger partial charge in [-0.05, 0) is 18.2 Å². The Labute approximate surface area is 144 Å². The number of aliphatic hydroxyl groups excluding tert-OH is 1. The third-order valence-corrected chi connectivity index (χ3v) is 4.16. The van der Waals surface area contributed by atoms with Crippen molar-refractivity contribution in [3.8, 4) is 11.5 Å². The third kappa shape index (κ3) is 2.53. The zero-order valence-corrected chi connectivity index (χ0v) is 14.0. The van der Waals surface area contributed by atoms with Crippen LogP contribution in [0, 0.1) is 0 Å². The number of hydrogen-bond donors (Lipinski definition) is 1. The molecule has 7 heteroatoms. The van der Waals surface area contributed by atoms with E-state index in [0.29, 0.717) is 17.1 Å². The summed E-state index contributed by atoms with van der Waals surface area (Å²) in [6.45, 7) is 0. The summed E-state index contributed by atoms with van der Waals surface area (Å²) in [5, 5.41) is 10.3. The van der Waals surface area contributed by atoms with E-state index in [4.69, 9.17) is 13.9 Å². The van der Waals surface area contributed by atoms with Crippen molar-refractivity contribution < 1.29 is 28.6 Å². The van der Waals surface area contributed by atoms with Crippen LogP contribution in [-0.4, -0.2) is 43.0 Å². The fourth-order valence-electron chi connectivity index (χ4n) is 2.99.